The van der Waals surface area contributed by atoms with Crippen LogP contribution in [0.15, 0.2) is 24.3 Å². The summed E-state index contributed by atoms with van der Waals surface area (Å²) in [7, 11) is 0. The molecule has 3 saturated heterocycles. The highest BCUT2D eigenvalue weighted by Crippen LogP contribution is 2.48. The molecule has 1 unspecified atom stereocenters. The zero-order valence-corrected chi connectivity index (χ0v) is 33.7. The SMILES string of the molecule is CC(=O)C(O)[C@H]1O[C@@H](Oc2n[nH]c(C(C)C)c2Cc2ccc(/C=C/CCN3CCC4(CCN(C(=O)O)CC4)C3)cc2C)[C@@](O)(C(C)=O)[C@](O)(C(C)=O)[C@@]1(O)C(C)=O. The molecule has 5 rings (SSSR count). The van der Waals surface area contributed by atoms with Crippen molar-refractivity contribution >= 4 is 35.3 Å². The number of aryl methyl sites for hydroxylation is 1. The Morgan fingerprint density at radius 1 is 0.982 bits per heavy atom. The van der Waals surface area contributed by atoms with Gasteiger partial charge >= 0.3 is 6.09 Å². The van der Waals surface area contributed by atoms with Gasteiger partial charge in [-0.1, -0.05) is 44.2 Å². The number of nitrogens with zero attached hydrogens (tertiary/aromatic N) is 3. The van der Waals surface area contributed by atoms with Gasteiger partial charge in [-0.05, 0) is 94.9 Å². The standard InChI is InChI=1S/C41H56N4O12/c1-23(2)32-31(21-30-12-11-29(20-24(30)3)10-8-9-16-44-17-13-38(22-44)14-18-45(19-15-38)37(51)52)35(43-42-32)57-36-40(54,27(6)48)41(55,28(7)49)39(53,26(5)47)34(56-36)33(50)25(4)46/h8,10-12,20,23,33-34,36,50,53-55H,9,13-19,21-22H2,1-7H3,(H,42,43)(H,51,52)/b10-8+/t33?,34-,36+,39-,40+,41+/m1/s1. The number of Topliss-reactive ketones (excluding diaryl/α,β-unsaturated/α-hetero) is 4. The number of nitrogens with one attached hydrogen (secondary N) is 1. The Labute approximate surface area is 331 Å². The molecule has 1 aromatic carbocycles. The van der Waals surface area contributed by atoms with E-state index in [9.17, 15) is 49.5 Å². The summed E-state index contributed by atoms with van der Waals surface area (Å²) < 4.78 is 11.7. The minimum atomic E-state index is -3.64. The van der Waals surface area contributed by atoms with Crippen molar-refractivity contribution in [2.45, 2.75) is 122 Å². The maximum atomic E-state index is 13.3. The van der Waals surface area contributed by atoms with Gasteiger partial charge in [-0.25, -0.2) is 4.79 Å². The molecule has 3 aliphatic heterocycles. The van der Waals surface area contributed by atoms with Crippen LogP contribution in [0.1, 0.15) is 101 Å². The zero-order valence-electron chi connectivity index (χ0n) is 33.7. The zero-order chi connectivity index (χ0) is 42.2. The maximum absolute atomic E-state index is 13.3. The molecule has 0 aliphatic carbocycles. The second-order valence-electron chi connectivity index (χ2n) is 16.4. The number of aliphatic hydroxyl groups excluding tert-OH is 1. The van der Waals surface area contributed by atoms with Crippen molar-refractivity contribution in [2.75, 3.05) is 32.7 Å². The normalized spacial score (nSPS) is 28.2. The number of ketones is 4. The van der Waals surface area contributed by atoms with E-state index in [0.29, 0.717) is 24.3 Å². The molecule has 1 aromatic heterocycles. The van der Waals surface area contributed by atoms with Crippen LogP contribution in [0, 0.1) is 12.3 Å². The summed E-state index contributed by atoms with van der Waals surface area (Å²) in [5, 5.41) is 62.9. The Morgan fingerprint density at radius 3 is 2.16 bits per heavy atom. The first-order valence-electron chi connectivity index (χ1n) is 19.4. The number of rotatable bonds is 14. The highest BCUT2D eigenvalue weighted by molar-refractivity contribution is 6.05. The third-order valence-corrected chi connectivity index (χ3v) is 12.3. The summed E-state index contributed by atoms with van der Waals surface area (Å²) in [6, 6.07) is 5.95. The average Bonchev–Trinajstić information content (AvgIpc) is 3.74. The highest BCUT2D eigenvalue weighted by Gasteiger charge is 2.80. The largest absolute Gasteiger partial charge is 0.465 e. The topological polar surface area (TPSA) is 240 Å². The van der Waals surface area contributed by atoms with Crippen LogP contribution in [0.2, 0.25) is 0 Å². The molecule has 1 spiro atoms. The maximum Gasteiger partial charge on any atom is 0.407 e. The first kappa shape index (κ1) is 43.8. The summed E-state index contributed by atoms with van der Waals surface area (Å²) in [4.78, 5) is 67.1. The van der Waals surface area contributed by atoms with E-state index in [2.05, 4.69) is 27.2 Å². The molecule has 0 radical (unpaired) electrons. The van der Waals surface area contributed by atoms with E-state index >= 15 is 0 Å². The third-order valence-electron chi connectivity index (χ3n) is 12.3. The second kappa shape index (κ2) is 16.5. The van der Waals surface area contributed by atoms with Crippen molar-refractivity contribution in [3.63, 3.8) is 0 Å². The summed E-state index contributed by atoms with van der Waals surface area (Å²) in [6.45, 7) is 13.1. The predicted octanol–water partition coefficient (Wildman–Crippen LogP) is 2.32. The van der Waals surface area contributed by atoms with Crippen LogP contribution in [-0.2, 0) is 30.3 Å². The number of ether oxygens (including phenoxy) is 2. The lowest BCUT2D eigenvalue weighted by Gasteiger charge is -2.57. The van der Waals surface area contributed by atoms with Crippen LogP contribution in [0.25, 0.3) is 6.08 Å². The number of carboxylic acid groups (broad SMARTS) is 1. The van der Waals surface area contributed by atoms with Crippen LogP contribution in [0.5, 0.6) is 5.88 Å². The first-order valence-corrected chi connectivity index (χ1v) is 19.4. The van der Waals surface area contributed by atoms with Gasteiger partial charge in [0.15, 0.2) is 28.7 Å². The Kier molecular flexibility index (Phi) is 12.7. The van der Waals surface area contributed by atoms with Crippen LogP contribution in [0.4, 0.5) is 4.79 Å². The van der Waals surface area contributed by atoms with E-state index in [4.69, 9.17) is 9.47 Å². The number of aliphatic hydroxyl groups is 4. The van der Waals surface area contributed by atoms with E-state index in [1.165, 1.54) is 4.90 Å². The molecule has 57 heavy (non-hydrogen) atoms. The van der Waals surface area contributed by atoms with Gasteiger partial charge in [0.1, 0.15) is 12.2 Å². The number of hydrogen-bond donors (Lipinski definition) is 6. The molecule has 1 amide bonds. The Bertz CT molecular complexity index is 1920. The Hall–Kier alpha value is -4.32. The van der Waals surface area contributed by atoms with E-state index in [-0.39, 0.29) is 23.6 Å². The fourth-order valence-corrected chi connectivity index (χ4v) is 8.73. The smallest absolute Gasteiger partial charge is 0.407 e. The Balaban J connectivity index is 1.35. The van der Waals surface area contributed by atoms with Gasteiger partial charge in [0.25, 0.3) is 0 Å². The van der Waals surface area contributed by atoms with E-state index in [1.54, 1.807) is 0 Å². The lowest BCUT2D eigenvalue weighted by molar-refractivity contribution is -0.358. The molecule has 0 bridgehead atoms. The molecule has 6 atom stereocenters. The minimum Gasteiger partial charge on any atom is -0.465 e. The van der Waals surface area contributed by atoms with Crippen LogP contribution >= 0.6 is 0 Å². The number of benzene rings is 1. The van der Waals surface area contributed by atoms with Crippen molar-refractivity contribution in [1.29, 1.82) is 0 Å². The van der Waals surface area contributed by atoms with Gasteiger partial charge in [0, 0.05) is 43.9 Å². The fraction of sp³-hybridized carbons (Fsp3) is 0.610. The Morgan fingerprint density at radius 2 is 1.61 bits per heavy atom. The minimum absolute atomic E-state index is 0.140. The molecule has 4 heterocycles. The number of hydrogen-bond acceptors (Lipinski definition) is 13. The van der Waals surface area contributed by atoms with Crippen molar-refractivity contribution in [2.24, 2.45) is 5.41 Å². The number of amides is 1. The molecule has 16 nitrogen and oxygen atoms in total. The summed E-state index contributed by atoms with van der Waals surface area (Å²) in [6.07, 6.45) is 0.334. The molecule has 312 valence electrons. The number of piperidine rings is 1. The van der Waals surface area contributed by atoms with Gasteiger partial charge in [-0.15, -0.1) is 5.10 Å². The van der Waals surface area contributed by atoms with Crippen LogP contribution in [-0.4, -0.2) is 143 Å². The summed E-state index contributed by atoms with van der Waals surface area (Å²) in [5.74, 6) is -5.45. The number of aromatic nitrogens is 2. The third kappa shape index (κ3) is 7.82. The molecule has 16 heteroatoms. The van der Waals surface area contributed by atoms with E-state index < -0.39 is 64.5 Å². The molecular formula is C41H56N4O12. The van der Waals surface area contributed by atoms with Gasteiger partial charge in [-0.3, -0.25) is 24.3 Å². The van der Waals surface area contributed by atoms with E-state index in [1.807, 2.05) is 39.0 Å². The van der Waals surface area contributed by atoms with Crippen molar-refractivity contribution in [3.05, 3.63) is 52.2 Å². The number of likely N-dealkylation sites (tertiary alicyclic amines) is 2. The number of carbonyl (C=O) groups excluding carboxylic acids is 4. The van der Waals surface area contributed by atoms with Gasteiger partial charge in [0.2, 0.25) is 23.4 Å². The second-order valence-corrected chi connectivity index (χ2v) is 16.4. The molecule has 2 aromatic rings. The number of aromatic amines is 1. The molecular weight excluding hydrogens is 740 g/mol. The predicted molar refractivity (Wildman–Crippen MR) is 206 cm³/mol. The fourth-order valence-electron chi connectivity index (χ4n) is 8.73. The van der Waals surface area contributed by atoms with Gasteiger partial charge < -0.3 is 44.8 Å². The molecule has 6 N–H and O–H groups in total. The molecule has 0 saturated carbocycles. The molecule has 3 fully saturated rings. The first-order chi connectivity index (χ1) is 26.6. The quantitative estimate of drug-likeness (QED) is 0.161. The van der Waals surface area contributed by atoms with Crippen molar-refractivity contribution in [1.82, 2.24) is 20.0 Å². The lowest BCUT2D eigenvalue weighted by Crippen LogP contribution is -2.87. The number of carbonyl (C=O) groups is 5. The van der Waals surface area contributed by atoms with Gasteiger partial charge in [0.05, 0.1) is 0 Å². The molecule has 3 aliphatic rings. The lowest BCUT2D eigenvalue weighted by atomic mass is 9.60. The van der Waals surface area contributed by atoms with E-state index in [0.717, 1.165) is 89.7 Å². The van der Waals surface area contributed by atoms with Crippen molar-refractivity contribution < 1.29 is 59.0 Å². The summed E-state index contributed by atoms with van der Waals surface area (Å²) >= 11 is 0. The number of H-pyrrole nitrogens is 1. The monoisotopic (exact) mass is 796 g/mol. The average molecular weight is 797 g/mol. The van der Waals surface area contributed by atoms with Crippen molar-refractivity contribution in [3.8, 4) is 5.88 Å². The highest BCUT2D eigenvalue weighted by atomic mass is 16.7. The summed E-state index contributed by atoms with van der Waals surface area (Å²) in [5.41, 5.74) is -6.44. The van der Waals surface area contributed by atoms with Crippen LogP contribution in [0.3, 0.4) is 0 Å². The van der Waals surface area contributed by atoms with Gasteiger partial charge in [-0.2, -0.15) is 0 Å². The van der Waals surface area contributed by atoms with Crippen LogP contribution < -0.4 is 4.74 Å².